The number of H-pyrrole nitrogens is 1. The SMILES string of the molecule is COC(=O)[C@H](C)Sc1ncnc2nc[nH]c12. The monoisotopic (exact) mass is 238 g/mol. The van der Waals surface area contributed by atoms with Crippen LogP contribution in [0.25, 0.3) is 11.2 Å². The second kappa shape index (κ2) is 4.48. The van der Waals surface area contributed by atoms with Crippen LogP contribution in [0.15, 0.2) is 17.7 Å². The molecule has 16 heavy (non-hydrogen) atoms. The van der Waals surface area contributed by atoms with E-state index in [0.29, 0.717) is 10.7 Å². The number of hydrogen-bond acceptors (Lipinski definition) is 6. The number of nitrogens with zero attached hydrogens (tertiary/aromatic N) is 3. The van der Waals surface area contributed by atoms with Crippen molar-refractivity contribution in [2.75, 3.05) is 7.11 Å². The van der Waals surface area contributed by atoms with E-state index < -0.39 is 0 Å². The first-order valence-electron chi connectivity index (χ1n) is 4.61. The van der Waals surface area contributed by atoms with Gasteiger partial charge in [0.2, 0.25) is 0 Å². The average Bonchev–Trinajstić information content (AvgIpc) is 2.77. The van der Waals surface area contributed by atoms with Gasteiger partial charge in [-0.05, 0) is 6.92 Å². The summed E-state index contributed by atoms with van der Waals surface area (Å²) in [6, 6.07) is 0. The zero-order chi connectivity index (χ0) is 11.5. The Balaban J connectivity index is 2.27. The van der Waals surface area contributed by atoms with Crippen LogP contribution in [-0.2, 0) is 9.53 Å². The molecule has 2 rings (SSSR count). The first-order valence-corrected chi connectivity index (χ1v) is 5.49. The number of thioether (sulfide) groups is 1. The number of methoxy groups -OCH3 is 1. The molecule has 0 bridgehead atoms. The molecule has 0 aliphatic rings. The van der Waals surface area contributed by atoms with E-state index in [9.17, 15) is 4.79 Å². The van der Waals surface area contributed by atoms with Crippen LogP contribution in [0.4, 0.5) is 0 Å². The number of aromatic amines is 1. The number of esters is 1. The van der Waals surface area contributed by atoms with Crippen molar-refractivity contribution in [1.82, 2.24) is 19.9 Å². The summed E-state index contributed by atoms with van der Waals surface area (Å²) < 4.78 is 4.65. The largest absolute Gasteiger partial charge is 0.468 e. The fraction of sp³-hybridized carbons (Fsp3) is 0.333. The molecule has 0 unspecified atom stereocenters. The fourth-order valence-corrected chi connectivity index (χ4v) is 2.12. The second-order valence-electron chi connectivity index (χ2n) is 3.06. The summed E-state index contributed by atoms with van der Waals surface area (Å²) in [5.74, 6) is -0.281. The van der Waals surface area contributed by atoms with Gasteiger partial charge in [0.05, 0.1) is 13.4 Å². The maximum Gasteiger partial charge on any atom is 0.318 e. The van der Waals surface area contributed by atoms with Gasteiger partial charge in [0.25, 0.3) is 0 Å². The molecule has 0 fully saturated rings. The zero-order valence-corrected chi connectivity index (χ0v) is 9.61. The van der Waals surface area contributed by atoms with Crippen LogP contribution in [0.2, 0.25) is 0 Å². The predicted molar refractivity (Wildman–Crippen MR) is 59.0 cm³/mol. The van der Waals surface area contributed by atoms with E-state index in [1.165, 1.54) is 25.2 Å². The number of aromatic nitrogens is 4. The molecule has 0 aliphatic carbocycles. The number of rotatable bonds is 3. The van der Waals surface area contributed by atoms with Crippen LogP contribution >= 0.6 is 11.8 Å². The highest BCUT2D eigenvalue weighted by Gasteiger charge is 2.17. The van der Waals surface area contributed by atoms with E-state index in [4.69, 9.17) is 0 Å². The Bertz CT molecular complexity index is 513. The van der Waals surface area contributed by atoms with E-state index >= 15 is 0 Å². The molecule has 1 N–H and O–H groups in total. The van der Waals surface area contributed by atoms with E-state index in [-0.39, 0.29) is 11.2 Å². The van der Waals surface area contributed by atoms with Crippen molar-refractivity contribution >= 4 is 28.9 Å². The lowest BCUT2D eigenvalue weighted by atomic mass is 10.5. The molecular weight excluding hydrogens is 228 g/mol. The molecule has 0 radical (unpaired) electrons. The molecule has 0 aromatic carbocycles. The quantitative estimate of drug-likeness (QED) is 0.488. The van der Waals surface area contributed by atoms with Gasteiger partial charge in [-0.2, -0.15) is 0 Å². The van der Waals surface area contributed by atoms with Gasteiger partial charge < -0.3 is 9.72 Å². The molecule has 84 valence electrons. The van der Waals surface area contributed by atoms with Crippen molar-refractivity contribution in [2.45, 2.75) is 17.2 Å². The van der Waals surface area contributed by atoms with Crippen molar-refractivity contribution in [3.8, 4) is 0 Å². The summed E-state index contributed by atoms with van der Waals surface area (Å²) in [6.45, 7) is 1.76. The predicted octanol–water partition coefficient (Wildman–Crippen LogP) is 1.01. The summed E-state index contributed by atoms with van der Waals surface area (Å²) in [6.07, 6.45) is 2.97. The van der Waals surface area contributed by atoms with Gasteiger partial charge in [-0.1, -0.05) is 11.8 Å². The van der Waals surface area contributed by atoms with Crippen molar-refractivity contribution in [3.63, 3.8) is 0 Å². The number of ether oxygens (including phenoxy) is 1. The number of nitrogens with one attached hydrogen (secondary N) is 1. The van der Waals surface area contributed by atoms with Crippen molar-refractivity contribution in [2.24, 2.45) is 0 Å². The highest BCUT2D eigenvalue weighted by molar-refractivity contribution is 8.00. The van der Waals surface area contributed by atoms with Crippen LogP contribution in [0.5, 0.6) is 0 Å². The first-order chi connectivity index (χ1) is 7.72. The molecule has 2 heterocycles. The zero-order valence-electron chi connectivity index (χ0n) is 8.80. The summed E-state index contributed by atoms with van der Waals surface area (Å²) in [7, 11) is 1.37. The summed E-state index contributed by atoms with van der Waals surface area (Å²) >= 11 is 1.31. The van der Waals surface area contributed by atoms with Crippen molar-refractivity contribution in [1.29, 1.82) is 0 Å². The van der Waals surface area contributed by atoms with E-state index in [2.05, 4.69) is 24.7 Å². The minimum atomic E-state index is -0.314. The Labute approximate surface area is 95.8 Å². The van der Waals surface area contributed by atoms with Crippen LogP contribution in [0.3, 0.4) is 0 Å². The Kier molecular flexibility index (Phi) is 3.04. The molecule has 0 aliphatic heterocycles. The Morgan fingerprint density at radius 1 is 1.50 bits per heavy atom. The fourth-order valence-electron chi connectivity index (χ4n) is 1.21. The maximum absolute atomic E-state index is 11.3. The average molecular weight is 238 g/mol. The van der Waals surface area contributed by atoms with Gasteiger partial charge in [0, 0.05) is 0 Å². The van der Waals surface area contributed by atoms with E-state index in [0.717, 1.165) is 5.52 Å². The normalized spacial score (nSPS) is 12.6. The molecule has 2 aromatic heterocycles. The summed E-state index contributed by atoms with van der Waals surface area (Å²) in [5, 5.41) is 0.381. The molecule has 0 spiro atoms. The molecule has 0 saturated heterocycles. The van der Waals surface area contributed by atoms with Crippen molar-refractivity contribution in [3.05, 3.63) is 12.7 Å². The minimum Gasteiger partial charge on any atom is -0.468 e. The lowest BCUT2D eigenvalue weighted by Gasteiger charge is -2.07. The molecule has 6 nitrogen and oxygen atoms in total. The summed E-state index contributed by atoms with van der Waals surface area (Å²) in [4.78, 5) is 26.3. The Morgan fingerprint density at radius 3 is 3.06 bits per heavy atom. The smallest absolute Gasteiger partial charge is 0.318 e. The molecule has 1 atom stereocenters. The molecule has 0 amide bonds. The molecule has 2 aromatic rings. The van der Waals surface area contributed by atoms with Gasteiger partial charge in [0.15, 0.2) is 5.65 Å². The van der Waals surface area contributed by atoms with Gasteiger partial charge in [-0.15, -0.1) is 0 Å². The third-order valence-electron chi connectivity index (χ3n) is 2.01. The molecular formula is C9H10N4O2S. The van der Waals surface area contributed by atoms with Crippen LogP contribution < -0.4 is 0 Å². The van der Waals surface area contributed by atoms with Crippen LogP contribution in [0.1, 0.15) is 6.92 Å². The number of fused-ring (bicyclic) bond motifs is 1. The van der Waals surface area contributed by atoms with Gasteiger partial charge in [0.1, 0.15) is 22.1 Å². The topological polar surface area (TPSA) is 80.8 Å². The number of hydrogen-bond donors (Lipinski definition) is 1. The third kappa shape index (κ3) is 1.99. The first kappa shape index (κ1) is 10.9. The second-order valence-corrected chi connectivity index (χ2v) is 4.39. The Hall–Kier alpha value is -1.63. The lowest BCUT2D eigenvalue weighted by Crippen LogP contribution is -2.14. The summed E-state index contributed by atoms with van der Waals surface area (Å²) in [5.41, 5.74) is 1.33. The minimum absolute atomic E-state index is 0.281. The highest BCUT2D eigenvalue weighted by Crippen LogP contribution is 2.26. The van der Waals surface area contributed by atoms with Crippen molar-refractivity contribution < 1.29 is 9.53 Å². The van der Waals surface area contributed by atoms with E-state index in [1.807, 2.05) is 0 Å². The van der Waals surface area contributed by atoms with Gasteiger partial charge >= 0.3 is 5.97 Å². The Morgan fingerprint density at radius 2 is 2.31 bits per heavy atom. The maximum atomic E-state index is 11.3. The molecule has 0 saturated carbocycles. The van der Waals surface area contributed by atoms with E-state index in [1.54, 1.807) is 13.3 Å². The van der Waals surface area contributed by atoms with Crippen LogP contribution in [0, 0.1) is 0 Å². The van der Waals surface area contributed by atoms with Gasteiger partial charge in [-0.25, -0.2) is 15.0 Å². The number of carbonyl (C=O) groups is 1. The van der Waals surface area contributed by atoms with Gasteiger partial charge in [-0.3, -0.25) is 4.79 Å². The lowest BCUT2D eigenvalue weighted by molar-refractivity contribution is -0.139. The number of carbonyl (C=O) groups excluding carboxylic acids is 1. The standard InChI is InChI=1S/C9H10N4O2S/c1-5(9(14)15-2)16-8-6-7(11-3-10-6)12-4-13-8/h3-5H,1-2H3,(H,10,11,12,13)/t5-/m0/s1. The highest BCUT2D eigenvalue weighted by atomic mass is 32.2. The number of imidazole rings is 1. The van der Waals surface area contributed by atoms with Crippen LogP contribution in [-0.4, -0.2) is 38.3 Å². The third-order valence-corrected chi connectivity index (χ3v) is 3.09. The molecule has 7 heteroatoms.